The summed E-state index contributed by atoms with van der Waals surface area (Å²) >= 11 is 4.12. The molecule has 0 spiro atoms. The van der Waals surface area contributed by atoms with Crippen LogP contribution in [0.25, 0.3) is 0 Å². The zero-order valence-electron chi connectivity index (χ0n) is 6.36. The Bertz CT molecular complexity index is 151. The fourth-order valence-corrected chi connectivity index (χ4v) is 1.56. The van der Waals surface area contributed by atoms with Crippen LogP contribution in [0.15, 0.2) is 0 Å². The van der Waals surface area contributed by atoms with E-state index in [9.17, 15) is 4.79 Å². The fraction of sp³-hybridized carbons (Fsp3) is 0.857. The summed E-state index contributed by atoms with van der Waals surface area (Å²) in [4.78, 5) is 12.8. The molecule has 1 saturated heterocycles. The summed E-state index contributed by atoms with van der Waals surface area (Å²) in [6.07, 6.45) is 0.601. The van der Waals surface area contributed by atoms with Gasteiger partial charge in [-0.05, 0) is 11.7 Å². The second-order valence-electron chi connectivity index (χ2n) is 2.82. The van der Waals surface area contributed by atoms with E-state index >= 15 is 0 Å². The van der Waals surface area contributed by atoms with Gasteiger partial charge in [-0.3, -0.25) is 4.79 Å². The Morgan fingerprint density at radius 3 is 2.91 bits per heavy atom. The Morgan fingerprint density at radius 2 is 2.45 bits per heavy atom. The number of nitrogens with zero attached hydrogens (tertiary/aromatic N) is 1. The highest BCUT2D eigenvalue weighted by Gasteiger charge is 2.27. The molecule has 1 amide bonds. The molecule has 0 saturated carbocycles. The van der Waals surface area contributed by atoms with Crippen molar-refractivity contribution in [1.29, 1.82) is 0 Å². The van der Waals surface area contributed by atoms with Crippen molar-refractivity contribution in [3.63, 3.8) is 0 Å². The first-order valence-corrected chi connectivity index (χ1v) is 4.40. The fourth-order valence-electron chi connectivity index (χ4n) is 1.31. The molecule has 0 aromatic carbocycles. The molecule has 1 atom stereocenters. The van der Waals surface area contributed by atoms with Crippen molar-refractivity contribution in [1.82, 2.24) is 4.90 Å². The quantitative estimate of drug-likeness (QED) is 0.581. The van der Waals surface area contributed by atoms with Gasteiger partial charge in [-0.25, -0.2) is 0 Å². The van der Waals surface area contributed by atoms with E-state index in [1.54, 1.807) is 4.90 Å². The molecule has 1 aliphatic rings. The smallest absolute Gasteiger partial charge is 0.223 e. The first kappa shape index (κ1) is 8.87. The van der Waals surface area contributed by atoms with Crippen molar-refractivity contribution in [3.05, 3.63) is 0 Å². The highest BCUT2D eigenvalue weighted by Crippen LogP contribution is 2.17. The second-order valence-corrected chi connectivity index (χ2v) is 3.18. The minimum absolute atomic E-state index is 0.0605. The molecule has 1 N–H and O–H groups in total. The maximum absolute atomic E-state index is 11.1. The van der Waals surface area contributed by atoms with Gasteiger partial charge in [0.1, 0.15) is 0 Å². The normalized spacial score (nSPS) is 24.7. The standard InChI is InChI=1S/C7H13NO2S/c9-2-1-8-4-6(5-11)3-7(8)10/h6,9,11H,1-5H2. The van der Waals surface area contributed by atoms with Crippen LogP contribution in [0.4, 0.5) is 0 Å². The van der Waals surface area contributed by atoms with E-state index in [1.165, 1.54) is 0 Å². The van der Waals surface area contributed by atoms with Gasteiger partial charge in [0, 0.05) is 19.5 Å². The van der Waals surface area contributed by atoms with Gasteiger partial charge < -0.3 is 10.0 Å². The van der Waals surface area contributed by atoms with E-state index < -0.39 is 0 Å². The highest BCUT2D eigenvalue weighted by molar-refractivity contribution is 7.80. The van der Waals surface area contributed by atoms with Crippen LogP contribution in [0.2, 0.25) is 0 Å². The third-order valence-electron chi connectivity index (χ3n) is 1.92. The summed E-state index contributed by atoms with van der Waals surface area (Å²) in [5.41, 5.74) is 0. The van der Waals surface area contributed by atoms with Gasteiger partial charge in [0.2, 0.25) is 5.91 Å². The van der Waals surface area contributed by atoms with E-state index in [0.717, 1.165) is 12.3 Å². The first-order valence-electron chi connectivity index (χ1n) is 3.77. The maximum atomic E-state index is 11.1. The summed E-state index contributed by atoms with van der Waals surface area (Å²) < 4.78 is 0. The van der Waals surface area contributed by atoms with Crippen molar-refractivity contribution >= 4 is 18.5 Å². The topological polar surface area (TPSA) is 40.5 Å². The Kier molecular flexibility index (Phi) is 3.20. The largest absolute Gasteiger partial charge is 0.395 e. The lowest BCUT2D eigenvalue weighted by Gasteiger charge is -2.13. The molecule has 0 aliphatic carbocycles. The van der Waals surface area contributed by atoms with Crippen LogP contribution in [0.5, 0.6) is 0 Å². The Hall–Kier alpha value is -0.220. The van der Waals surface area contributed by atoms with Crippen LogP contribution in [0.1, 0.15) is 6.42 Å². The lowest BCUT2D eigenvalue weighted by Crippen LogP contribution is -2.28. The number of thiol groups is 1. The molecule has 1 unspecified atom stereocenters. The molecule has 1 rings (SSSR count). The zero-order chi connectivity index (χ0) is 8.27. The van der Waals surface area contributed by atoms with E-state index in [-0.39, 0.29) is 12.5 Å². The average Bonchev–Trinajstić information content (AvgIpc) is 2.33. The van der Waals surface area contributed by atoms with Crippen LogP contribution >= 0.6 is 12.6 Å². The molecular formula is C7H13NO2S. The Labute approximate surface area is 71.8 Å². The SMILES string of the molecule is O=C1CC(CS)CN1CCO. The lowest BCUT2D eigenvalue weighted by molar-refractivity contribution is -0.128. The van der Waals surface area contributed by atoms with E-state index in [1.807, 2.05) is 0 Å². The molecule has 0 aromatic heterocycles. The number of rotatable bonds is 3. The number of aliphatic hydroxyl groups is 1. The van der Waals surface area contributed by atoms with E-state index in [2.05, 4.69) is 12.6 Å². The van der Waals surface area contributed by atoms with Gasteiger partial charge in [0.15, 0.2) is 0 Å². The summed E-state index contributed by atoms with van der Waals surface area (Å²) in [5.74, 6) is 1.30. The number of hydrogen-bond acceptors (Lipinski definition) is 3. The molecule has 1 aliphatic heterocycles. The van der Waals surface area contributed by atoms with Crippen molar-refractivity contribution in [2.24, 2.45) is 5.92 Å². The predicted molar refractivity (Wildman–Crippen MR) is 45.6 cm³/mol. The van der Waals surface area contributed by atoms with Crippen molar-refractivity contribution in [3.8, 4) is 0 Å². The van der Waals surface area contributed by atoms with Gasteiger partial charge in [-0.15, -0.1) is 0 Å². The molecule has 0 radical (unpaired) electrons. The van der Waals surface area contributed by atoms with E-state index in [4.69, 9.17) is 5.11 Å². The maximum Gasteiger partial charge on any atom is 0.223 e. The minimum atomic E-state index is 0.0605. The Morgan fingerprint density at radius 1 is 1.73 bits per heavy atom. The van der Waals surface area contributed by atoms with E-state index in [0.29, 0.717) is 18.9 Å². The summed E-state index contributed by atoms with van der Waals surface area (Å²) in [5, 5.41) is 8.59. The third-order valence-corrected chi connectivity index (χ3v) is 2.44. The highest BCUT2D eigenvalue weighted by atomic mass is 32.1. The molecule has 4 heteroatoms. The number of amides is 1. The van der Waals surface area contributed by atoms with Crippen LogP contribution < -0.4 is 0 Å². The van der Waals surface area contributed by atoms with Gasteiger partial charge in [-0.1, -0.05) is 0 Å². The molecule has 64 valence electrons. The number of aliphatic hydroxyl groups excluding tert-OH is 1. The molecule has 3 nitrogen and oxygen atoms in total. The summed E-state index contributed by atoms with van der Waals surface area (Å²) in [7, 11) is 0. The minimum Gasteiger partial charge on any atom is -0.395 e. The lowest BCUT2D eigenvalue weighted by atomic mass is 10.1. The number of β-amino-alcohol motifs (C(OH)–C–C–N with tert-alkyl or cyclic N) is 1. The number of carbonyl (C=O) groups is 1. The van der Waals surface area contributed by atoms with Gasteiger partial charge in [0.25, 0.3) is 0 Å². The van der Waals surface area contributed by atoms with Crippen molar-refractivity contribution in [2.75, 3.05) is 25.4 Å². The van der Waals surface area contributed by atoms with Gasteiger partial charge in [-0.2, -0.15) is 12.6 Å². The molecule has 0 aromatic rings. The summed E-state index contributed by atoms with van der Waals surface area (Å²) in [6, 6.07) is 0. The van der Waals surface area contributed by atoms with Crippen LogP contribution in [0.3, 0.4) is 0 Å². The second kappa shape index (κ2) is 3.97. The first-order chi connectivity index (χ1) is 5.27. The van der Waals surface area contributed by atoms with Gasteiger partial charge >= 0.3 is 0 Å². The number of hydrogen-bond donors (Lipinski definition) is 2. The molecule has 11 heavy (non-hydrogen) atoms. The van der Waals surface area contributed by atoms with Crippen LogP contribution in [-0.2, 0) is 4.79 Å². The van der Waals surface area contributed by atoms with Crippen LogP contribution in [-0.4, -0.2) is 41.4 Å². The average molecular weight is 175 g/mol. The predicted octanol–water partition coefficient (Wildman–Crippen LogP) is -0.243. The third kappa shape index (κ3) is 2.10. The van der Waals surface area contributed by atoms with Gasteiger partial charge in [0.05, 0.1) is 6.61 Å². The summed E-state index contributed by atoms with van der Waals surface area (Å²) in [6.45, 7) is 1.30. The van der Waals surface area contributed by atoms with Crippen molar-refractivity contribution < 1.29 is 9.90 Å². The Balaban J connectivity index is 2.38. The monoisotopic (exact) mass is 175 g/mol. The number of likely N-dealkylation sites (tertiary alicyclic amines) is 1. The zero-order valence-corrected chi connectivity index (χ0v) is 7.26. The number of carbonyl (C=O) groups excluding carboxylic acids is 1. The van der Waals surface area contributed by atoms with Crippen molar-refractivity contribution in [2.45, 2.75) is 6.42 Å². The molecule has 1 fully saturated rings. The molecule has 1 heterocycles. The molecule has 0 bridgehead atoms. The molecular weight excluding hydrogens is 162 g/mol. The van der Waals surface area contributed by atoms with Crippen LogP contribution in [0, 0.1) is 5.92 Å².